The zero-order chi connectivity index (χ0) is 52.9. The Bertz CT molecular complexity index is 1400. The normalized spacial score (nSPS) is 12.6. The third-order valence-corrected chi connectivity index (χ3v) is 13.4. The summed E-state index contributed by atoms with van der Waals surface area (Å²) in [5.74, 6) is -0.897. The van der Waals surface area contributed by atoms with Crippen molar-refractivity contribution in [3.8, 4) is 0 Å². The van der Waals surface area contributed by atoms with Crippen molar-refractivity contribution < 1.29 is 28.6 Å². The van der Waals surface area contributed by atoms with E-state index in [1.54, 1.807) is 0 Å². The maximum atomic E-state index is 12.9. The van der Waals surface area contributed by atoms with Crippen LogP contribution in [0.25, 0.3) is 0 Å². The highest BCUT2D eigenvalue weighted by Gasteiger charge is 2.19. The van der Waals surface area contributed by atoms with E-state index in [1.807, 2.05) is 0 Å². The van der Waals surface area contributed by atoms with Crippen LogP contribution in [0.2, 0.25) is 0 Å². The maximum absolute atomic E-state index is 12.9. The molecule has 0 N–H and O–H groups in total. The van der Waals surface area contributed by atoms with Gasteiger partial charge >= 0.3 is 17.9 Å². The standard InChI is InChI=1S/C67H116O6/c1-4-7-10-13-16-19-22-25-28-29-30-31-32-33-34-35-36-37-40-42-45-48-51-54-57-60-66(69)72-63-64(73-67(70)61-58-55-52-49-46-43-39-27-24-21-18-15-12-9-6-3)62-71-65(68)59-56-53-50-47-44-41-38-26-23-20-17-14-11-8-5-2/h7,10,16,19,25-28,30-31,33-34,38-39,64H,4-6,8-9,11-15,17-18,20-24,29,32,35-37,40-63H2,1-3H3/b10-7-,19-16-,28-25-,31-30-,34-33-,38-26-,39-27-. The van der Waals surface area contributed by atoms with Crippen LogP contribution >= 0.6 is 0 Å². The second kappa shape index (κ2) is 61.1. The number of ether oxygens (including phenoxy) is 3. The lowest BCUT2D eigenvalue weighted by Gasteiger charge is -2.18. The number of hydrogen-bond donors (Lipinski definition) is 0. The minimum absolute atomic E-state index is 0.0846. The molecule has 73 heavy (non-hydrogen) atoms. The average molecular weight is 1020 g/mol. The van der Waals surface area contributed by atoms with Gasteiger partial charge in [-0.25, -0.2) is 0 Å². The third kappa shape index (κ3) is 59.3. The van der Waals surface area contributed by atoms with Gasteiger partial charge in [0.25, 0.3) is 0 Å². The van der Waals surface area contributed by atoms with E-state index in [1.165, 1.54) is 148 Å². The molecule has 1 unspecified atom stereocenters. The number of carbonyl (C=O) groups is 3. The van der Waals surface area contributed by atoms with Crippen molar-refractivity contribution in [2.45, 2.75) is 309 Å². The summed E-state index contributed by atoms with van der Waals surface area (Å²) in [7, 11) is 0. The van der Waals surface area contributed by atoms with Crippen LogP contribution in [0, 0.1) is 0 Å². The van der Waals surface area contributed by atoms with Crippen molar-refractivity contribution in [3.63, 3.8) is 0 Å². The minimum atomic E-state index is -0.787. The molecule has 0 aromatic heterocycles. The molecule has 0 amide bonds. The second-order valence-corrected chi connectivity index (χ2v) is 20.6. The number of rotatable bonds is 56. The van der Waals surface area contributed by atoms with Gasteiger partial charge < -0.3 is 14.2 Å². The SMILES string of the molecule is CC/C=C\C/C=C\C/C=C\C/C=C\C/C=C\CCCCCCCCCCCC(=O)OCC(COC(=O)CCCCCCC/C=C\CCCCCCCC)OC(=O)CCCCCCC/C=C\CCCCCCCC. The van der Waals surface area contributed by atoms with Gasteiger partial charge in [0.1, 0.15) is 13.2 Å². The van der Waals surface area contributed by atoms with Gasteiger partial charge in [0.15, 0.2) is 6.10 Å². The minimum Gasteiger partial charge on any atom is -0.462 e. The molecule has 0 saturated carbocycles. The molecule has 6 nitrogen and oxygen atoms in total. The second-order valence-electron chi connectivity index (χ2n) is 20.6. The number of allylic oxidation sites excluding steroid dienone is 14. The first-order valence-electron chi connectivity index (χ1n) is 31.1. The van der Waals surface area contributed by atoms with E-state index in [4.69, 9.17) is 14.2 Å². The molecule has 0 saturated heterocycles. The van der Waals surface area contributed by atoms with Gasteiger partial charge in [0.05, 0.1) is 0 Å². The fraction of sp³-hybridized carbons (Fsp3) is 0.746. The van der Waals surface area contributed by atoms with Gasteiger partial charge in [-0.15, -0.1) is 0 Å². The lowest BCUT2D eigenvalue weighted by atomic mass is 10.1. The summed E-state index contributed by atoms with van der Waals surface area (Å²) < 4.78 is 16.9. The summed E-state index contributed by atoms with van der Waals surface area (Å²) in [4.78, 5) is 38.3. The quantitative estimate of drug-likeness (QED) is 0.0261. The van der Waals surface area contributed by atoms with E-state index in [0.29, 0.717) is 19.3 Å². The summed E-state index contributed by atoms with van der Waals surface area (Å²) in [5.41, 5.74) is 0. The predicted molar refractivity (Wildman–Crippen MR) is 316 cm³/mol. The molecule has 0 aromatic rings. The molecule has 0 aliphatic carbocycles. The maximum Gasteiger partial charge on any atom is 0.306 e. The molecule has 0 aliphatic heterocycles. The van der Waals surface area contributed by atoms with Crippen molar-refractivity contribution in [1.29, 1.82) is 0 Å². The van der Waals surface area contributed by atoms with E-state index in [2.05, 4.69) is 106 Å². The molecule has 1 atom stereocenters. The lowest BCUT2D eigenvalue weighted by molar-refractivity contribution is -0.167. The number of esters is 3. The Labute approximate surface area is 452 Å². The Morgan fingerprint density at radius 1 is 0.288 bits per heavy atom. The lowest BCUT2D eigenvalue weighted by Crippen LogP contribution is -2.30. The first-order chi connectivity index (χ1) is 36.0. The topological polar surface area (TPSA) is 78.9 Å². The van der Waals surface area contributed by atoms with Crippen LogP contribution in [-0.2, 0) is 28.6 Å². The van der Waals surface area contributed by atoms with Crippen LogP contribution < -0.4 is 0 Å². The number of carbonyl (C=O) groups excluding carboxylic acids is 3. The van der Waals surface area contributed by atoms with Crippen LogP contribution in [0.1, 0.15) is 303 Å². The number of hydrogen-bond acceptors (Lipinski definition) is 6. The van der Waals surface area contributed by atoms with Gasteiger partial charge in [-0.1, -0.05) is 254 Å². The zero-order valence-corrected chi connectivity index (χ0v) is 48.1. The summed E-state index contributed by atoms with van der Waals surface area (Å²) in [6.07, 6.45) is 80.1. The van der Waals surface area contributed by atoms with Gasteiger partial charge in [-0.05, 0) is 116 Å². The Morgan fingerprint density at radius 2 is 0.534 bits per heavy atom. The van der Waals surface area contributed by atoms with Crippen LogP contribution in [0.3, 0.4) is 0 Å². The van der Waals surface area contributed by atoms with Crippen LogP contribution in [0.5, 0.6) is 0 Å². The van der Waals surface area contributed by atoms with Crippen molar-refractivity contribution in [1.82, 2.24) is 0 Å². The van der Waals surface area contributed by atoms with Crippen molar-refractivity contribution >= 4 is 17.9 Å². The fourth-order valence-corrected chi connectivity index (χ4v) is 8.69. The molecule has 420 valence electrons. The Balaban J connectivity index is 4.34. The predicted octanol–water partition coefficient (Wildman–Crippen LogP) is 21.1. The summed E-state index contributed by atoms with van der Waals surface area (Å²) in [5, 5.41) is 0. The van der Waals surface area contributed by atoms with E-state index in [9.17, 15) is 14.4 Å². The van der Waals surface area contributed by atoms with Crippen LogP contribution in [0.15, 0.2) is 85.1 Å². The molecule has 0 spiro atoms. The van der Waals surface area contributed by atoms with E-state index in [0.717, 1.165) is 116 Å². The van der Waals surface area contributed by atoms with Gasteiger partial charge in [-0.2, -0.15) is 0 Å². The molecule has 0 aliphatic rings. The van der Waals surface area contributed by atoms with Gasteiger partial charge in [0, 0.05) is 19.3 Å². The third-order valence-electron chi connectivity index (χ3n) is 13.4. The first kappa shape index (κ1) is 69.6. The Kier molecular flexibility index (Phi) is 58.3. The van der Waals surface area contributed by atoms with Gasteiger partial charge in [-0.3, -0.25) is 14.4 Å². The highest BCUT2D eigenvalue weighted by atomic mass is 16.6. The molecule has 0 fully saturated rings. The van der Waals surface area contributed by atoms with Crippen molar-refractivity contribution in [2.75, 3.05) is 13.2 Å². The van der Waals surface area contributed by atoms with Gasteiger partial charge in [0.2, 0.25) is 0 Å². The number of unbranched alkanes of at least 4 members (excludes halogenated alkanes) is 31. The van der Waals surface area contributed by atoms with Crippen molar-refractivity contribution in [3.05, 3.63) is 85.1 Å². The van der Waals surface area contributed by atoms with E-state index in [-0.39, 0.29) is 31.1 Å². The highest BCUT2D eigenvalue weighted by Crippen LogP contribution is 2.15. The molecule has 0 heterocycles. The molecule has 0 bridgehead atoms. The zero-order valence-electron chi connectivity index (χ0n) is 48.1. The summed E-state index contributed by atoms with van der Waals surface area (Å²) >= 11 is 0. The highest BCUT2D eigenvalue weighted by molar-refractivity contribution is 5.71. The largest absolute Gasteiger partial charge is 0.462 e. The molecule has 0 aromatic carbocycles. The van der Waals surface area contributed by atoms with E-state index >= 15 is 0 Å². The monoisotopic (exact) mass is 1020 g/mol. The average Bonchev–Trinajstić information content (AvgIpc) is 3.39. The smallest absolute Gasteiger partial charge is 0.306 e. The van der Waals surface area contributed by atoms with Crippen molar-refractivity contribution in [2.24, 2.45) is 0 Å². The van der Waals surface area contributed by atoms with E-state index < -0.39 is 6.10 Å². The molecular formula is C67H116O6. The Hall–Kier alpha value is -3.41. The summed E-state index contributed by atoms with van der Waals surface area (Å²) in [6, 6.07) is 0. The molecular weight excluding hydrogens is 901 g/mol. The van der Waals surface area contributed by atoms with Crippen LogP contribution in [0.4, 0.5) is 0 Å². The fourth-order valence-electron chi connectivity index (χ4n) is 8.69. The first-order valence-corrected chi connectivity index (χ1v) is 31.1. The Morgan fingerprint density at radius 3 is 0.849 bits per heavy atom. The summed E-state index contributed by atoms with van der Waals surface area (Å²) in [6.45, 7) is 6.52. The molecule has 0 radical (unpaired) electrons. The molecule has 0 rings (SSSR count). The van der Waals surface area contributed by atoms with Crippen LogP contribution in [-0.4, -0.2) is 37.2 Å². The molecule has 6 heteroatoms.